The Bertz CT molecular complexity index is 736. The molecule has 0 radical (unpaired) electrons. The molecule has 2 nitrogen and oxygen atoms in total. The lowest BCUT2D eigenvalue weighted by molar-refractivity contribution is 0.306. The Morgan fingerprint density at radius 2 is 1.60 bits per heavy atom. The number of rotatable bonds is 3. The summed E-state index contributed by atoms with van der Waals surface area (Å²) in [5, 5.41) is 12.2. The number of ether oxygens (including phenoxy) is 1. The van der Waals surface area contributed by atoms with Gasteiger partial charge in [-0.3, -0.25) is 0 Å². The van der Waals surface area contributed by atoms with Gasteiger partial charge in [-0.15, -0.1) is 0 Å². The van der Waals surface area contributed by atoms with Crippen molar-refractivity contribution >= 4 is 22.4 Å². The Kier molecular flexibility index (Phi) is 3.48. The minimum absolute atomic E-state index is 0.257. The van der Waals surface area contributed by atoms with Gasteiger partial charge in [0.1, 0.15) is 18.1 Å². The molecule has 1 N–H and O–H groups in total. The van der Waals surface area contributed by atoms with Crippen LogP contribution in [0.25, 0.3) is 10.8 Å². The van der Waals surface area contributed by atoms with Crippen LogP contribution >= 0.6 is 11.6 Å². The molecule has 0 bridgehead atoms. The van der Waals surface area contributed by atoms with Crippen molar-refractivity contribution in [3.05, 3.63) is 71.2 Å². The van der Waals surface area contributed by atoms with Crippen molar-refractivity contribution in [1.82, 2.24) is 0 Å². The van der Waals surface area contributed by atoms with Crippen molar-refractivity contribution in [2.24, 2.45) is 0 Å². The molecule has 0 spiro atoms. The van der Waals surface area contributed by atoms with E-state index in [-0.39, 0.29) is 5.75 Å². The summed E-state index contributed by atoms with van der Waals surface area (Å²) in [5.74, 6) is 1.03. The lowest BCUT2D eigenvalue weighted by atomic mass is 10.1. The summed E-state index contributed by atoms with van der Waals surface area (Å²) in [6, 6.07) is 18.7. The topological polar surface area (TPSA) is 29.5 Å². The summed E-state index contributed by atoms with van der Waals surface area (Å²) in [6.07, 6.45) is 0. The van der Waals surface area contributed by atoms with Gasteiger partial charge in [0.05, 0.1) is 0 Å². The molecule has 0 saturated heterocycles. The molecule has 0 fully saturated rings. The van der Waals surface area contributed by atoms with Crippen LogP contribution in [0.4, 0.5) is 0 Å². The molecule has 0 aliphatic rings. The molecule has 3 aromatic rings. The van der Waals surface area contributed by atoms with Gasteiger partial charge in [0.15, 0.2) is 0 Å². The molecule has 100 valence electrons. The minimum Gasteiger partial charge on any atom is -0.508 e. The van der Waals surface area contributed by atoms with Gasteiger partial charge in [-0.25, -0.2) is 0 Å². The molecule has 3 aromatic carbocycles. The Balaban J connectivity index is 1.78. The van der Waals surface area contributed by atoms with E-state index in [0.29, 0.717) is 6.61 Å². The number of halogens is 1. The van der Waals surface area contributed by atoms with Crippen LogP contribution in [0, 0.1) is 0 Å². The maximum Gasteiger partial charge on any atom is 0.120 e. The van der Waals surface area contributed by atoms with Gasteiger partial charge in [0, 0.05) is 5.02 Å². The molecule has 0 saturated carbocycles. The van der Waals surface area contributed by atoms with Crippen molar-refractivity contribution < 1.29 is 9.84 Å². The van der Waals surface area contributed by atoms with Crippen molar-refractivity contribution in [2.75, 3.05) is 0 Å². The first-order chi connectivity index (χ1) is 9.70. The van der Waals surface area contributed by atoms with Crippen LogP contribution in [0.1, 0.15) is 5.56 Å². The maximum absolute atomic E-state index is 9.50. The molecule has 0 heterocycles. The van der Waals surface area contributed by atoms with Crippen molar-refractivity contribution in [3.63, 3.8) is 0 Å². The third-order valence-electron chi connectivity index (χ3n) is 3.11. The van der Waals surface area contributed by atoms with E-state index in [4.69, 9.17) is 16.3 Å². The average molecular weight is 285 g/mol. The monoisotopic (exact) mass is 284 g/mol. The lowest BCUT2D eigenvalue weighted by Crippen LogP contribution is -1.94. The quantitative estimate of drug-likeness (QED) is 0.750. The number of hydrogen-bond donors (Lipinski definition) is 1. The summed E-state index contributed by atoms with van der Waals surface area (Å²) in [6.45, 7) is 0.488. The first-order valence-corrected chi connectivity index (χ1v) is 6.68. The normalized spacial score (nSPS) is 10.7. The number of phenolic OH excluding ortho intramolecular Hbond substituents is 1. The molecule has 0 aliphatic carbocycles. The molecule has 0 unspecified atom stereocenters. The molecule has 3 heteroatoms. The second-order valence-electron chi connectivity index (χ2n) is 4.61. The van der Waals surface area contributed by atoms with Gasteiger partial charge in [-0.2, -0.15) is 0 Å². The van der Waals surface area contributed by atoms with Crippen LogP contribution in [0.5, 0.6) is 11.5 Å². The second kappa shape index (κ2) is 5.43. The smallest absolute Gasteiger partial charge is 0.120 e. The summed E-state index contributed by atoms with van der Waals surface area (Å²) in [4.78, 5) is 0. The van der Waals surface area contributed by atoms with E-state index in [1.54, 1.807) is 12.1 Å². The van der Waals surface area contributed by atoms with E-state index < -0.39 is 0 Å². The first-order valence-electron chi connectivity index (χ1n) is 6.31. The van der Waals surface area contributed by atoms with E-state index in [1.165, 1.54) is 0 Å². The van der Waals surface area contributed by atoms with Crippen LogP contribution in [0.15, 0.2) is 60.7 Å². The van der Waals surface area contributed by atoms with E-state index in [2.05, 4.69) is 0 Å². The van der Waals surface area contributed by atoms with Crippen LogP contribution < -0.4 is 4.74 Å². The highest BCUT2D eigenvalue weighted by Crippen LogP contribution is 2.25. The molecule has 0 atom stereocenters. The highest BCUT2D eigenvalue weighted by molar-refractivity contribution is 6.30. The zero-order valence-electron chi connectivity index (χ0n) is 10.7. The van der Waals surface area contributed by atoms with E-state index in [9.17, 15) is 5.11 Å². The van der Waals surface area contributed by atoms with Crippen LogP contribution in [0.2, 0.25) is 5.02 Å². The van der Waals surface area contributed by atoms with E-state index in [0.717, 1.165) is 27.1 Å². The first kappa shape index (κ1) is 12.8. The summed E-state index contributed by atoms with van der Waals surface area (Å²) < 4.78 is 5.76. The molecule has 3 rings (SSSR count). The number of fused-ring (bicyclic) bond motifs is 1. The number of aromatic hydroxyl groups is 1. The van der Waals surface area contributed by atoms with Gasteiger partial charge >= 0.3 is 0 Å². The van der Waals surface area contributed by atoms with Gasteiger partial charge < -0.3 is 9.84 Å². The predicted octanol–water partition coefficient (Wildman–Crippen LogP) is 4.78. The SMILES string of the molecule is Oc1ccc2ccc(OCc3ccc(Cl)cc3)cc2c1. The lowest BCUT2D eigenvalue weighted by Gasteiger charge is -2.08. The van der Waals surface area contributed by atoms with Gasteiger partial charge in [-0.05, 0) is 52.7 Å². The van der Waals surface area contributed by atoms with Gasteiger partial charge in [-0.1, -0.05) is 35.9 Å². The van der Waals surface area contributed by atoms with Crippen LogP contribution in [-0.4, -0.2) is 5.11 Å². The fraction of sp³-hybridized carbons (Fsp3) is 0.0588. The predicted molar refractivity (Wildman–Crippen MR) is 81.4 cm³/mol. The maximum atomic E-state index is 9.50. The molecule has 0 aliphatic heterocycles. The number of phenols is 1. The van der Waals surface area contributed by atoms with Crippen LogP contribution in [-0.2, 0) is 6.61 Å². The minimum atomic E-state index is 0.257. The number of hydrogen-bond acceptors (Lipinski definition) is 2. The third-order valence-corrected chi connectivity index (χ3v) is 3.37. The average Bonchev–Trinajstić information content (AvgIpc) is 2.46. The highest BCUT2D eigenvalue weighted by Gasteiger charge is 2.00. The standard InChI is InChI=1S/C17H13ClO2/c18-15-5-1-12(2-6-15)11-20-17-8-4-13-3-7-16(19)9-14(13)10-17/h1-10,19H,11H2. The Morgan fingerprint density at radius 1 is 0.850 bits per heavy atom. The second-order valence-corrected chi connectivity index (χ2v) is 5.04. The molecule has 0 aromatic heterocycles. The zero-order chi connectivity index (χ0) is 13.9. The summed E-state index contributed by atoms with van der Waals surface area (Å²) in [7, 11) is 0. The molecular formula is C17H13ClO2. The summed E-state index contributed by atoms with van der Waals surface area (Å²) >= 11 is 5.84. The fourth-order valence-electron chi connectivity index (χ4n) is 2.05. The van der Waals surface area contributed by atoms with E-state index in [1.807, 2.05) is 48.5 Å². The molecule has 0 amide bonds. The van der Waals surface area contributed by atoms with Crippen molar-refractivity contribution in [2.45, 2.75) is 6.61 Å². The Labute approximate surface area is 122 Å². The van der Waals surface area contributed by atoms with Crippen LogP contribution in [0.3, 0.4) is 0 Å². The fourth-order valence-corrected chi connectivity index (χ4v) is 2.18. The summed E-state index contributed by atoms with van der Waals surface area (Å²) in [5.41, 5.74) is 1.06. The third kappa shape index (κ3) is 2.86. The largest absolute Gasteiger partial charge is 0.508 e. The Morgan fingerprint density at radius 3 is 2.40 bits per heavy atom. The van der Waals surface area contributed by atoms with Crippen molar-refractivity contribution in [3.8, 4) is 11.5 Å². The zero-order valence-corrected chi connectivity index (χ0v) is 11.5. The molecule has 20 heavy (non-hydrogen) atoms. The van der Waals surface area contributed by atoms with Gasteiger partial charge in [0.25, 0.3) is 0 Å². The Hall–Kier alpha value is -2.19. The molecular weight excluding hydrogens is 272 g/mol. The highest BCUT2D eigenvalue weighted by atomic mass is 35.5. The number of benzene rings is 3. The van der Waals surface area contributed by atoms with Gasteiger partial charge in [0.2, 0.25) is 0 Å². The van der Waals surface area contributed by atoms with Crippen molar-refractivity contribution in [1.29, 1.82) is 0 Å². The van der Waals surface area contributed by atoms with E-state index >= 15 is 0 Å².